The molecule has 0 fully saturated rings. The number of carbonyl (C=O) groups is 1. The van der Waals surface area contributed by atoms with Crippen LogP contribution in [0.25, 0.3) is 10.9 Å². The molecule has 0 saturated carbocycles. The molecule has 3 aromatic heterocycles. The highest BCUT2D eigenvalue weighted by molar-refractivity contribution is 6.07. The molecule has 0 amide bonds. The molecule has 0 spiro atoms. The Labute approximate surface area is 161 Å². The van der Waals surface area contributed by atoms with E-state index in [1.807, 2.05) is 0 Å². The zero-order valence-electron chi connectivity index (χ0n) is 16.0. The molecule has 1 atom stereocenters. The van der Waals surface area contributed by atoms with Gasteiger partial charge in [0.05, 0.1) is 17.7 Å². The zero-order chi connectivity index (χ0) is 20.5. The third kappa shape index (κ3) is 3.40. The number of esters is 1. The minimum atomic E-state index is -1.61. The van der Waals surface area contributed by atoms with E-state index in [-0.39, 0.29) is 29.1 Å². The molecule has 8 heteroatoms. The van der Waals surface area contributed by atoms with Crippen molar-refractivity contribution < 1.29 is 14.6 Å². The average molecular weight is 380 g/mol. The third-order valence-corrected chi connectivity index (χ3v) is 4.24. The SMILES string of the molecule is CCOC(=O)c1c(C)[nH]c2c(=O)n(C)cc(C#C[C@@](C)(O)c3ncccn3)c12. The van der Waals surface area contributed by atoms with Crippen LogP contribution < -0.4 is 5.56 Å². The molecule has 0 saturated heterocycles. The number of aromatic amines is 1. The van der Waals surface area contributed by atoms with Gasteiger partial charge in [0, 0.05) is 36.7 Å². The summed E-state index contributed by atoms with van der Waals surface area (Å²) in [6.45, 7) is 5.08. The molecule has 8 nitrogen and oxygen atoms in total. The second kappa shape index (κ2) is 7.29. The van der Waals surface area contributed by atoms with Gasteiger partial charge in [0.2, 0.25) is 0 Å². The van der Waals surface area contributed by atoms with Crippen molar-refractivity contribution in [3.05, 3.63) is 57.7 Å². The monoisotopic (exact) mass is 380 g/mol. The number of pyridine rings is 1. The lowest BCUT2D eigenvalue weighted by Crippen LogP contribution is -2.22. The summed E-state index contributed by atoms with van der Waals surface area (Å²) in [6.07, 6.45) is 4.55. The fourth-order valence-corrected chi connectivity index (χ4v) is 2.90. The summed E-state index contributed by atoms with van der Waals surface area (Å²) >= 11 is 0. The Morgan fingerprint density at radius 3 is 2.71 bits per heavy atom. The number of hydrogen-bond acceptors (Lipinski definition) is 6. The van der Waals surface area contributed by atoms with E-state index in [0.717, 1.165) is 0 Å². The lowest BCUT2D eigenvalue weighted by molar-refractivity contribution is 0.0528. The van der Waals surface area contributed by atoms with Crippen molar-refractivity contribution in [2.45, 2.75) is 26.4 Å². The molecule has 0 unspecified atom stereocenters. The smallest absolute Gasteiger partial charge is 0.340 e. The van der Waals surface area contributed by atoms with Crippen LogP contribution >= 0.6 is 0 Å². The first-order chi connectivity index (χ1) is 13.3. The normalized spacial score (nSPS) is 12.9. The highest BCUT2D eigenvalue weighted by Crippen LogP contribution is 2.24. The highest BCUT2D eigenvalue weighted by Gasteiger charge is 2.25. The fraction of sp³-hybridized carbons (Fsp3) is 0.300. The molecule has 144 valence electrons. The fourth-order valence-electron chi connectivity index (χ4n) is 2.90. The standard InChI is InChI=1S/C20H20N4O4/c1-5-28-18(26)14-12(2)23-16-15(14)13(11-24(4)17(16)25)7-8-20(3,27)19-21-9-6-10-22-19/h6,9-11,23,27H,5H2,1-4H3/t20-/m1/s1. The van der Waals surface area contributed by atoms with Gasteiger partial charge in [0.25, 0.3) is 5.56 Å². The minimum Gasteiger partial charge on any atom is -0.462 e. The summed E-state index contributed by atoms with van der Waals surface area (Å²) in [5.41, 5.74) is -0.478. The highest BCUT2D eigenvalue weighted by atomic mass is 16.5. The van der Waals surface area contributed by atoms with Gasteiger partial charge in [0.15, 0.2) is 11.4 Å². The van der Waals surface area contributed by atoms with Crippen molar-refractivity contribution in [3.8, 4) is 11.8 Å². The molecule has 0 aliphatic carbocycles. The molecule has 3 rings (SSSR count). The van der Waals surface area contributed by atoms with Crippen molar-refractivity contribution in [1.82, 2.24) is 19.5 Å². The molecule has 3 aromatic rings. The largest absolute Gasteiger partial charge is 0.462 e. The second-order valence-electron chi connectivity index (χ2n) is 6.45. The Balaban J connectivity index is 2.24. The van der Waals surface area contributed by atoms with Crippen LogP contribution in [0.5, 0.6) is 0 Å². The van der Waals surface area contributed by atoms with Gasteiger partial charge < -0.3 is 19.4 Å². The van der Waals surface area contributed by atoms with E-state index in [0.29, 0.717) is 16.6 Å². The van der Waals surface area contributed by atoms with Crippen molar-refractivity contribution in [2.75, 3.05) is 6.61 Å². The van der Waals surface area contributed by atoms with Crippen LogP contribution in [0.1, 0.15) is 41.3 Å². The van der Waals surface area contributed by atoms with Crippen LogP contribution in [-0.4, -0.2) is 37.2 Å². The van der Waals surface area contributed by atoms with Gasteiger partial charge in [-0.2, -0.15) is 0 Å². The quantitative estimate of drug-likeness (QED) is 0.525. The summed E-state index contributed by atoms with van der Waals surface area (Å²) in [5.74, 6) is 5.23. The van der Waals surface area contributed by atoms with Gasteiger partial charge in [-0.3, -0.25) is 4.79 Å². The molecule has 0 aliphatic heterocycles. The molecule has 0 bridgehead atoms. The van der Waals surface area contributed by atoms with Crippen LogP contribution in [0.4, 0.5) is 0 Å². The predicted molar refractivity (Wildman–Crippen MR) is 103 cm³/mol. The first kappa shape index (κ1) is 19.3. The summed E-state index contributed by atoms with van der Waals surface area (Å²) < 4.78 is 6.50. The van der Waals surface area contributed by atoms with E-state index in [2.05, 4.69) is 26.8 Å². The van der Waals surface area contributed by atoms with Crippen LogP contribution in [0.2, 0.25) is 0 Å². The van der Waals surface area contributed by atoms with Crippen molar-refractivity contribution in [1.29, 1.82) is 0 Å². The number of aromatic nitrogens is 4. The summed E-state index contributed by atoms with van der Waals surface area (Å²) in [6, 6.07) is 1.64. The van der Waals surface area contributed by atoms with E-state index < -0.39 is 11.6 Å². The Morgan fingerprint density at radius 1 is 1.39 bits per heavy atom. The number of fused-ring (bicyclic) bond motifs is 1. The number of nitrogens with zero attached hydrogens (tertiary/aromatic N) is 3. The number of rotatable bonds is 3. The Hall–Kier alpha value is -3.44. The lowest BCUT2D eigenvalue weighted by Gasteiger charge is -2.13. The topological polar surface area (TPSA) is 110 Å². The molecule has 3 heterocycles. The number of hydrogen-bond donors (Lipinski definition) is 2. The lowest BCUT2D eigenvalue weighted by atomic mass is 10.0. The summed E-state index contributed by atoms with van der Waals surface area (Å²) in [7, 11) is 1.59. The second-order valence-corrected chi connectivity index (χ2v) is 6.45. The number of nitrogens with one attached hydrogen (secondary N) is 1. The first-order valence-corrected chi connectivity index (χ1v) is 8.68. The molecule has 0 aromatic carbocycles. The molecular formula is C20H20N4O4. The predicted octanol–water partition coefficient (Wildman–Crippen LogP) is 1.40. The summed E-state index contributed by atoms with van der Waals surface area (Å²) in [4.78, 5) is 36.0. The summed E-state index contributed by atoms with van der Waals surface area (Å²) in [5, 5.41) is 11.0. The van der Waals surface area contributed by atoms with E-state index in [1.165, 1.54) is 30.1 Å². The Morgan fingerprint density at radius 2 is 2.07 bits per heavy atom. The first-order valence-electron chi connectivity index (χ1n) is 8.68. The van der Waals surface area contributed by atoms with E-state index in [4.69, 9.17) is 4.74 Å². The van der Waals surface area contributed by atoms with E-state index in [1.54, 1.807) is 27.0 Å². The number of aliphatic hydroxyl groups is 1. The Kier molecular flexibility index (Phi) is 5.03. The molecule has 2 N–H and O–H groups in total. The maximum atomic E-state index is 12.5. The van der Waals surface area contributed by atoms with Gasteiger partial charge in [-0.1, -0.05) is 11.8 Å². The Bertz CT molecular complexity index is 1160. The maximum Gasteiger partial charge on any atom is 0.340 e. The van der Waals surface area contributed by atoms with E-state index >= 15 is 0 Å². The number of carbonyl (C=O) groups excluding carboxylic acids is 1. The van der Waals surface area contributed by atoms with Crippen molar-refractivity contribution in [2.24, 2.45) is 7.05 Å². The van der Waals surface area contributed by atoms with Gasteiger partial charge in [-0.25, -0.2) is 14.8 Å². The van der Waals surface area contributed by atoms with Gasteiger partial charge in [-0.15, -0.1) is 0 Å². The van der Waals surface area contributed by atoms with Gasteiger partial charge >= 0.3 is 5.97 Å². The number of ether oxygens (including phenoxy) is 1. The molecular weight excluding hydrogens is 360 g/mol. The van der Waals surface area contributed by atoms with Gasteiger partial charge in [0.1, 0.15) is 5.52 Å². The number of H-pyrrole nitrogens is 1. The molecule has 28 heavy (non-hydrogen) atoms. The van der Waals surface area contributed by atoms with Gasteiger partial charge in [-0.05, 0) is 26.8 Å². The minimum absolute atomic E-state index is 0.152. The van der Waals surface area contributed by atoms with Crippen LogP contribution in [0.15, 0.2) is 29.5 Å². The van der Waals surface area contributed by atoms with Crippen molar-refractivity contribution in [3.63, 3.8) is 0 Å². The maximum absolute atomic E-state index is 12.5. The molecule has 0 aliphatic rings. The van der Waals surface area contributed by atoms with Crippen LogP contribution in [0.3, 0.4) is 0 Å². The van der Waals surface area contributed by atoms with Crippen LogP contribution in [0, 0.1) is 18.8 Å². The molecule has 0 radical (unpaired) electrons. The zero-order valence-corrected chi connectivity index (χ0v) is 16.0. The van der Waals surface area contributed by atoms with Crippen LogP contribution in [-0.2, 0) is 17.4 Å². The third-order valence-electron chi connectivity index (χ3n) is 4.24. The average Bonchev–Trinajstić information content (AvgIpc) is 3.02. The van der Waals surface area contributed by atoms with Crippen molar-refractivity contribution >= 4 is 16.9 Å². The number of aryl methyl sites for hydroxylation is 2. The van der Waals surface area contributed by atoms with E-state index in [9.17, 15) is 14.7 Å².